The fourth-order valence-electron chi connectivity index (χ4n) is 10.4. The summed E-state index contributed by atoms with van der Waals surface area (Å²) in [5.41, 5.74) is 6.23. The van der Waals surface area contributed by atoms with Gasteiger partial charge >= 0.3 is 11.9 Å². The van der Waals surface area contributed by atoms with Crippen molar-refractivity contribution in [2.75, 3.05) is 45.9 Å². The summed E-state index contributed by atoms with van der Waals surface area (Å²) in [5.74, 6) is -2.06. The molecule has 1 atom stereocenters. The van der Waals surface area contributed by atoms with E-state index >= 15 is 4.39 Å². The topological polar surface area (TPSA) is 238 Å². The minimum Gasteiger partial charge on any atom is -0.465 e. The van der Waals surface area contributed by atoms with Gasteiger partial charge in [0.05, 0.1) is 49.1 Å². The van der Waals surface area contributed by atoms with E-state index in [0.717, 1.165) is 32.3 Å². The molecule has 8 heterocycles. The molecule has 5 amide bonds. The molecule has 0 aliphatic carbocycles. The van der Waals surface area contributed by atoms with Crippen molar-refractivity contribution in [2.45, 2.75) is 78.3 Å². The summed E-state index contributed by atoms with van der Waals surface area (Å²) >= 11 is 7.88. The van der Waals surface area contributed by atoms with E-state index in [1.807, 2.05) is 41.8 Å². The van der Waals surface area contributed by atoms with E-state index in [2.05, 4.69) is 45.3 Å². The first kappa shape index (κ1) is 50.8. The molecule has 3 aromatic carbocycles. The van der Waals surface area contributed by atoms with Crippen LogP contribution >= 0.6 is 22.9 Å². The highest BCUT2D eigenvalue weighted by atomic mass is 35.5. The van der Waals surface area contributed by atoms with Crippen LogP contribution in [0.5, 0.6) is 0 Å². The summed E-state index contributed by atoms with van der Waals surface area (Å²) in [6, 6.07) is 15.2. The number of halogens is 2. The molecule has 4 aliphatic heterocycles. The molecule has 388 valence electrons. The summed E-state index contributed by atoms with van der Waals surface area (Å²) in [5, 5.41) is 31.9. The number of aliphatic imine (C=N–C) groups is 1. The van der Waals surface area contributed by atoms with Crippen molar-refractivity contribution >= 4 is 86.0 Å². The lowest BCUT2D eigenvalue weighted by molar-refractivity contribution is -0.143. The molecule has 23 heteroatoms. The number of thiophene rings is 1. The molecular formula is C52H54ClFN13O7S+. The number of piperidine rings is 1. The van der Waals surface area contributed by atoms with Crippen LogP contribution in [0, 0.1) is 26.6 Å². The number of esters is 1. The van der Waals surface area contributed by atoms with E-state index in [0.29, 0.717) is 75.7 Å². The van der Waals surface area contributed by atoms with Crippen LogP contribution in [0.4, 0.5) is 4.39 Å². The molecule has 4 bridgehead atoms. The molecule has 4 aliphatic rings. The Labute approximate surface area is 438 Å². The number of carbonyl (C=O) groups excluding carboxylic acids is 6. The molecule has 1 fully saturated rings. The Morgan fingerprint density at radius 3 is 2.36 bits per heavy atom. The second-order valence-electron chi connectivity index (χ2n) is 18.9. The Hall–Kier alpha value is -7.69. The van der Waals surface area contributed by atoms with Crippen molar-refractivity contribution < 1.29 is 37.9 Å². The van der Waals surface area contributed by atoms with E-state index in [-0.39, 0.29) is 92.4 Å². The normalized spacial score (nSPS) is 17.4. The number of nitrogens with zero attached hydrogens (tertiary/aromatic N) is 9. The third kappa shape index (κ3) is 9.80. The second-order valence-corrected chi connectivity index (χ2v) is 20.5. The number of rotatable bonds is 16. The maximum Gasteiger partial charge on any atom is 0.340 e. The van der Waals surface area contributed by atoms with Crippen LogP contribution in [-0.2, 0) is 40.0 Å². The first-order valence-corrected chi connectivity index (χ1v) is 26.0. The van der Waals surface area contributed by atoms with E-state index in [9.17, 15) is 28.8 Å². The number of nitrogens with one attached hydrogen (secondary N) is 4. The molecule has 0 radical (unpaired) electrons. The van der Waals surface area contributed by atoms with Gasteiger partial charge in [-0.2, -0.15) is 5.10 Å². The third-order valence-corrected chi connectivity index (χ3v) is 15.6. The van der Waals surface area contributed by atoms with Crippen LogP contribution in [0.1, 0.15) is 89.9 Å². The summed E-state index contributed by atoms with van der Waals surface area (Å²) in [4.78, 5) is 86.9. The van der Waals surface area contributed by atoms with Gasteiger partial charge in [0.15, 0.2) is 5.82 Å². The van der Waals surface area contributed by atoms with Crippen LogP contribution in [0.25, 0.3) is 37.9 Å². The van der Waals surface area contributed by atoms with Crippen LogP contribution in [-0.4, -0.2) is 122 Å². The zero-order chi connectivity index (χ0) is 52.7. The van der Waals surface area contributed by atoms with Crippen molar-refractivity contribution in [3.05, 3.63) is 111 Å². The first-order valence-electron chi connectivity index (χ1n) is 24.8. The first-order chi connectivity index (χ1) is 36.1. The lowest BCUT2D eigenvalue weighted by atomic mass is 9.88. The zero-order valence-electron chi connectivity index (χ0n) is 41.7. The van der Waals surface area contributed by atoms with Gasteiger partial charge in [-0.3, -0.25) is 38.2 Å². The van der Waals surface area contributed by atoms with Crippen molar-refractivity contribution in [3.8, 4) is 16.1 Å². The number of hydrogen-bond acceptors (Lipinski definition) is 13. The lowest BCUT2D eigenvalue weighted by Gasteiger charge is -2.39. The number of fused-ring (bicyclic) bond motifs is 5. The van der Waals surface area contributed by atoms with Gasteiger partial charge in [0.2, 0.25) is 23.6 Å². The average Bonchev–Trinajstić information content (AvgIpc) is 4.15. The van der Waals surface area contributed by atoms with Gasteiger partial charge < -0.3 is 26.0 Å². The summed E-state index contributed by atoms with van der Waals surface area (Å²) in [6.07, 6.45) is 2.23. The smallest absolute Gasteiger partial charge is 0.340 e. The SMILES string of the molecule is CCOC(=O)CNC(=O)CNC(=O)Cn1nc2c3c(cccc31)-c1cc3c(cnn3[N+]3(C(=O)CCC(=O)NCCNC(=O)C[C@@H]4N=C(c5ccc(Cl)cc5)c5c(sc(C)c5C)-n5c(C)nnc54)CCC2CC3)cc1F. The van der Waals surface area contributed by atoms with Crippen LogP contribution in [0.15, 0.2) is 65.8 Å². The van der Waals surface area contributed by atoms with Gasteiger partial charge in [0.25, 0.3) is 0 Å². The van der Waals surface area contributed by atoms with Gasteiger partial charge in [-0.25, -0.2) is 9.18 Å². The number of hydrogen-bond donors (Lipinski definition) is 4. The molecule has 4 N–H and O–H groups in total. The Bertz CT molecular complexity index is 3480. The summed E-state index contributed by atoms with van der Waals surface area (Å²) in [7, 11) is 0. The van der Waals surface area contributed by atoms with Crippen LogP contribution in [0.3, 0.4) is 0 Å². The molecule has 4 aromatic heterocycles. The Kier molecular flexibility index (Phi) is 14.2. The number of ether oxygens (including phenoxy) is 1. The highest BCUT2D eigenvalue weighted by molar-refractivity contribution is 7.15. The molecule has 11 rings (SSSR count). The van der Waals surface area contributed by atoms with E-state index < -0.39 is 29.6 Å². The predicted octanol–water partition coefficient (Wildman–Crippen LogP) is 5.06. The molecule has 20 nitrogen and oxygen atoms in total. The summed E-state index contributed by atoms with van der Waals surface area (Å²) < 4.78 is 24.4. The monoisotopic (exact) mass is 1060 g/mol. The van der Waals surface area contributed by atoms with Gasteiger partial charge in [0, 0.05) is 75.6 Å². The number of aryl methyl sites for hydroxylation is 2. The van der Waals surface area contributed by atoms with Crippen molar-refractivity contribution in [1.29, 1.82) is 0 Å². The number of quaternary nitrogens is 1. The molecule has 7 aromatic rings. The van der Waals surface area contributed by atoms with Crippen LogP contribution < -0.4 is 25.9 Å². The standard InChI is InChI=1S/C52H53ClFN13O7S/c1-5-74-46(73)26-58-43(70)25-57-44(71)27-64-39-8-6-7-35-36-22-40-33(21-37(36)54)24-59-66(40)67(19-15-32(16-20-67)50(63-64)48(35)39)45(72)14-13-41(68)55-17-18-56-42(69)23-38-51-62-61-30(4)65(51)52-47(28(2)29(3)75-52)49(60-38)31-9-11-34(53)12-10-31/h6-12,21-22,24,32,38H,5,13-20,23,25-27H2,1-4H3,(H3-,55,56,57,58,68,69,70,71)/p+1/t32?,38-,67?/m0/s1. The molecule has 1 saturated heterocycles. The van der Waals surface area contributed by atoms with Crippen molar-refractivity contribution in [2.24, 2.45) is 4.99 Å². The van der Waals surface area contributed by atoms with Gasteiger partial charge in [-0.15, -0.1) is 31.2 Å². The fourth-order valence-corrected chi connectivity index (χ4v) is 11.7. The number of aromatic nitrogens is 7. The lowest BCUT2D eigenvalue weighted by Crippen LogP contribution is -2.65. The largest absolute Gasteiger partial charge is 0.465 e. The zero-order valence-corrected chi connectivity index (χ0v) is 43.2. The Morgan fingerprint density at radius 2 is 1.60 bits per heavy atom. The molecule has 0 saturated carbocycles. The third-order valence-electron chi connectivity index (χ3n) is 14.2. The maximum absolute atomic E-state index is 16.3. The predicted molar refractivity (Wildman–Crippen MR) is 278 cm³/mol. The Morgan fingerprint density at radius 1 is 0.853 bits per heavy atom. The van der Waals surface area contributed by atoms with E-state index in [1.165, 1.54) is 6.07 Å². The fraction of sp³-hybridized carbons (Fsp3) is 0.365. The number of benzene rings is 3. The Balaban J connectivity index is 0.800. The number of carbonyl (C=O) groups is 6. The minimum atomic E-state index is -0.667. The highest BCUT2D eigenvalue weighted by Crippen LogP contribution is 2.43. The van der Waals surface area contributed by atoms with E-state index in [1.54, 1.807) is 52.1 Å². The highest BCUT2D eigenvalue weighted by Gasteiger charge is 2.46. The molecule has 75 heavy (non-hydrogen) atoms. The van der Waals surface area contributed by atoms with Crippen molar-refractivity contribution in [3.63, 3.8) is 0 Å². The van der Waals surface area contributed by atoms with Crippen molar-refractivity contribution in [1.82, 2.24) is 60.3 Å². The quantitative estimate of drug-likeness (QED) is 0.0567. The van der Waals surface area contributed by atoms with Gasteiger partial charge in [0.1, 0.15) is 54.4 Å². The average molecular weight is 1060 g/mol. The van der Waals surface area contributed by atoms with Gasteiger partial charge in [-0.1, -0.05) is 40.7 Å². The summed E-state index contributed by atoms with van der Waals surface area (Å²) in [6.45, 7) is 7.71. The molecule has 0 unspecified atom stereocenters. The maximum atomic E-state index is 16.3. The second kappa shape index (κ2) is 20.9. The van der Waals surface area contributed by atoms with E-state index in [4.69, 9.17) is 31.5 Å². The molecule has 0 spiro atoms. The molecular weight excluding hydrogens is 1010 g/mol. The minimum absolute atomic E-state index is 0.0269. The number of amides is 5. The van der Waals surface area contributed by atoms with Crippen LogP contribution in [0.2, 0.25) is 5.02 Å². The van der Waals surface area contributed by atoms with Gasteiger partial charge in [-0.05, 0) is 69.2 Å².